The van der Waals surface area contributed by atoms with Crippen LogP contribution in [-0.2, 0) is 7.05 Å². The number of carbonyl (C=O) groups is 1. The Kier molecular flexibility index (Phi) is 3.00. The van der Waals surface area contributed by atoms with Crippen LogP contribution in [0.15, 0.2) is 48.5 Å². The molecule has 0 N–H and O–H groups in total. The van der Waals surface area contributed by atoms with E-state index in [4.69, 9.17) is 1.37 Å². The van der Waals surface area contributed by atoms with E-state index in [2.05, 4.69) is 4.57 Å². The van der Waals surface area contributed by atoms with Gasteiger partial charge in [-0.15, -0.1) is 0 Å². The lowest BCUT2D eigenvalue weighted by Crippen LogP contribution is -2.31. The van der Waals surface area contributed by atoms with Gasteiger partial charge in [0.25, 0.3) is 0 Å². The first-order valence-electron chi connectivity index (χ1n) is 7.00. The van der Waals surface area contributed by atoms with Crippen LogP contribution in [0.2, 0.25) is 0 Å². The van der Waals surface area contributed by atoms with E-state index in [1.165, 1.54) is 7.40 Å². The van der Waals surface area contributed by atoms with Crippen molar-refractivity contribution in [3.63, 3.8) is 0 Å². The molecule has 1 aromatic heterocycles. The van der Waals surface area contributed by atoms with Crippen LogP contribution in [-0.4, -0.2) is 5.78 Å². The number of carbonyl (C=O) groups excluding carboxylic acids is 1. The normalized spacial score (nSPS) is 10.8. The molecule has 0 amide bonds. The summed E-state index contributed by atoms with van der Waals surface area (Å²) in [6.07, 6.45) is 0. The Hall–Kier alpha value is -2.22. The van der Waals surface area contributed by atoms with Crippen molar-refractivity contribution in [2.45, 2.75) is 14.3 Å². The second kappa shape index (κ2) is 4.81. The van der Waals surface area contributed by atoms with E-state index in [1.807, 2.05) is 55.6 Å². The molecular formula is C17H18NO+. The van der Waals surface area contributed by atoms with Crippen LogP contribution in [0, 0.1) is 0 Å². The van der Waals surface area contributed by atoms with Crippen molar-refractivity contribution in [2.24, 2.45) is 7.05 Å². The number of Topliss-reactive ketones (excluding diaryl/α,β-unsaturated/α-hetero) is 1. The van der Waals surface area contributed by atoms with Crippen LogP contribution >= 0.6 is 0 Å². The number of rotatable bonds is 1. The quantitative estimate of drug-likeness (QED) is 0.369. The molecule has 0 spiro atoms. The minimum absolute atomic E-state index is 0.114. The summed E-state index contributed by atoms with van der Waals surface area (Å²) in [5.41, 5.74) is 2.99. The molecule has 19 heavy (non-hydrogen) atoms. The maximum Gasteiger partial charge on any atom is 0.213 e. The molecule has 0 aliphatic heterocycles. The van der Waals surface area contributed by atoms with Gasteiger partial charge < -0.3 is 0 Å². The average Bonchev–Trinajstić information content (AvgIpc) is 2.49. The number of benzene rings is 2. The standard InChI is InChI=1S/C16H14NO.CH4/c1-11(18)16-12-7-3-5-9-14(12)17(2)15-10-6-4-8-13(15)16;/h3-10H,1-2H3;1H4/q+1;/i;1T. The highest BCUT2D eigenvalue weighted by atomic mass is 16.1. The molecule has 96 valence electrons. The molecule has 2 nitrogen and oxygen atoms in total. The fourth-order valence-electron chi connectivity index (χ4n) is 2.61. The molecule has 0 bridgehead atoms. The first kappa shape index (κ1) is 11.8. The van der Waals surface area contributed by atoms with Crippen molar-refractivity contribution < 1.29 is 10.7 Å². The van der Waals surface area contributed by atoms with Gasteiger partial charge in [0.1, 0.15) is 7.05 Å². The fraction of sp³-hybridized carbons (Fsp3) is 0.176. The van der Waals surface area contributed by atoms with E-state index >= 15 is 0 Å². The Balaban J connectivity index is 0.000000704. The summed E-state index contributed by atoms with van der Waals surface area (Å²) in [5, 5.41) is 2.04. The number of ketones is 1. The zero-order chi connectivity index (χ0) is 14.7. The van der Waals surface area contributed by atoms with Crippen molar-refractivity contribution in [1.82, 2.24) is 0 Å². The Morgan fingerprint density at radius 2 is 1.42 bits per heavy atom. The van der Waals surface area contributed by atoms with Crippen LogP contribution in [0.25, 0.3) is 21.8 Å². The van der Waals surface area contributed by atoms with E-state index in [9.17, 15) is 4.79 Å². The Morgan fingerprint density at radius 3 is 1.84 bits per heavy atom. The van der Waals surface area contributed by atoms with Crippen LogP contribution in [0.5, 0.6) is 0 Å². The molecule has 3 rings (SSSR count). The first-order valence-corrected chi connectivity index (χ1v) is 6.00. The van der Waals surface area contributed by atoms with Crippen LogP contribution in [0.3, 0.4) is 0 Å². The third-order valence-corrected chi connectivity index (χ3v) is 3.42. The van der Waals surface area contributed by atoms with Gasteiger partial charge in [0.15, 0.2) is 5.78 Å². The molecular weight excluding hydrogens is 234 g/mol. The minimum Gasteiger partial charge on any atom is -0.294 e. The van der Waals surface area contributed by atoms with Gasteiger partial charge >= 0.3 is 0 Å². The predicted octanol–water partition coefficient (Wildman–Crippen LogP) is 3.66. The van der Waals surface area contributed by atoms with Gasteiger partial charge in [-0.05, 0) is 19.1 Å². The molecule has 0 saturated carbocycles. The number of hydrogen-bond donors (Lipinski definition) is 0. The second-order valence-electron chi connectivity index (χ2n) is 4.52. The van der Waals surface area contributed by atoms with Crippen molar-refractivity contribution in [2.75, 3.05) is 0 Å². The molecule has 0 unspecified atom stereocenters. The van der Waals surface area contributed by atoms with Gasteiger partial charge in [0, 0.05) is 19.1 Å². The third-order valence-electron chi connectivity index (χ3n) is 3.42. The van der Waals surface area contributed by atoms with Gasteiger partial charge in [-0.2, -0.15) is 4.57 Å². The molecule has 0 aliphatic rings. The molecule has 2 aromatic carbocycles. The fourth-order valence-corrected chi connectivity index (χ4v) is 2.61. The lowest BCUT2D eigenvalue weighted by Gasteiger charge is -2.07. The number of para-hydroxylation sites is 2. The van der Waals surface area contributed by atoms with E-state index < -0.39 is 0 Å². The Labute approximate surface area is 114 Å². The predicted molar refractivity (Wildman–Crippen MR) is 79.4 cm³/mol. The summed E-state index contributed by atoms with van der Waals surface area (Å²) >= 11 is 0. The van der Waals surface area contributed by atoms with Gasteiger partial charge in [0.05, 0.1) is 10.8 Å². The monoisotopic (exact) mass is 254 g/mol. The highest BCUT2D eigenvalue weighted by Gasteiger charge is 2.19. The van der Waals surface area contributed by atoms with Gasteiger partial charge in [-0.1, -0.05) is 31.7 Å². The number of aryl methyl sites for hydroxylation is 1. The van der Waals surface area contributed by atoms with Gasteiger partial charge in [-0.3, -0.25) is 4.79 Å². The summed E-state index contributed by atoms with van der Waals surface area (Å²) in [6.45, 7) is 1.63. The molecule has 0 radical (unpaired) electrons. The summed E-state index contributed by atoms with van der Waals surface area (Å²) < 4.78 is 7.89. The summed E-state index contributed by atoms with van der Waals surface area (Å²) in [4.78, 5) is 12.0. The number of nitrogens with zero attached hydrogens (tertiary/aromatic N) is 1. The highest BCUT2D eigenvalue weighted by Crippen LogP contribution is 2.24. The SMILES string of the molecule is CC(=O)c1c2ccccc2[n+](C)c2ccccc12.[3H]C. The number of aromatic nitrogens is 1. The molecule has 0 fully saturated rings. The van der Waals surface area contributed by atoms with E-state index in [0.717, 1.165) is 27.4 Å². The lowest BCUT2D eigenvalue weighted by atomic mass is 9.99. The largest absolute Gasteiger partial charge is 0.294 e. The summed E-state index contributed by atoms with van der Waals surface area (Å²) in [6, 6.07) is 16.1. The minimum atomic E-state index is 0.114. The molecule has 0 saturated heterocycles. The van der Waals surface area contributed by atoms with Crippen molar-refractivity contribution in [1.29, 1.82) is 0 Å². The topological polar surface area (TPSA) is 20.9 Å². The van der Waals surface area contributed by atoms with E-state index in [0.29, 0.717) is 0 Å². The Morgan fingerprint density at radius 1 is 1.00 bits per heavy atom. The maximum absolute atomic E-state index is 12.0. The third kappa shape index (κ3) is 1.89. The molecule has 0 atom stereocenters. The Bertz CT molecular complexity index is 723. The van der Waals surface area contributed by atoms with Gasteiger partial charge in [0.2, 0.25) is 11.0 Å². The molecule has 2 heteroatoms. The van der Waals surface area contributed by atoms with E-state index in [-0.39, 0.29) is 5.78 Å². The number of pyridine rings is 1. The smallest absolute Gasteiger partial charge is 0.213 e. The molecule has 0 aliphatic carbocycles. The first-order chi connectivity index (χ1) is 9.70. The van der Waals surface area contributed by atoms with Gasteiger partial charge in [-0.25, -0.2) is 0 Å². The van der Waals surface area contributed by atoms with Crippen LogP contribution < -0.4 is 4.57 Å². The molecule has 1 heterocycles. The average molecular weight is 254 g/mol. The van der Waals surface area contributed by atoms with Crippen molar-refractivity contribution in [3.8, 4) is 0 Å². The zero-order valence-corrected chi connectivity index (χ0v) is 11.5. The summed E-state index contributed by atoms with van der Waals surface area (Å²) in [7, 11) is 3.29. The number of hydrogen-bond acceptors (Lipinski definition) is 1. The van der Waals surface area contributed by atoms with Crippen molar-refractivity contribution >= 4 is 27.6 Å². The second-order valence-corrected chi connectivity index (χ2v) is 4.52. The highest BCUT2D eigenvalue weighted by molar-refractivity contribution is 6.14. The maximum atomic E-state index is 12.0. The zero-order valence-electron chi connectivity index (χ0n) is 12.5. The van der Waals surface area contributed by atoms with E-state index in [1.54, 1.807) is 6.92 Å². The van der Waals surface area contributed by atoms with Crippen molar-refractivity contribution in [3.05, 3.63) is 54.1 Å². The lowest BCUT2D eigenvalue weighted by molar-refractivity contribution is -0.617. The molecule has 3 aromatic rings. The number of fused-ring (bicyclic) bond motifs is 2. The summed E-state index contributed by atoms with van der Waals surface area (Å²) in [5.74, 6) is 0.114. The van der Waals surface area contributed by atoms with Crippen LogP contribution in [0.1, 0.15) is 26.1 Å². The van der Waals surface area contributed by atoms with Crippen LogP contribution in [0.4, 0.5) is 0 Å².